The fourth-order valence-electron chi connectivity index (χ4n) is 2.65. The van der Waals surface area contributed by atoms with Gasteiger partial charge in [-0.15, -0.1) is 0 Å². The molecule has 2 aromatic rings. The van der Waals surface area contributed by atoms with Gasteiger partial charge in [-0.05, 0) is 40.9 Å². The second-order valence-corrected chi connectivity index (χ2v) is 5.62. The lowest BCUT2D eigenvalue weighted by molar-refractivity contribution is 0.0784. The molecular formula is C14H15BrN2O. The highest BCUT2D eigenvalue weighted by Crippen LogP contribution is 2.27. The SMILES string of the molecule is Cn1c(C(=O)N2CCCC2)cc2cccc(Br)c21. The number of aromatic nitrogens is 1. The summed E-state index contributed by atoms with van der Waals surface area (Å²) in [6.07, 6.45) is 2.25. The van der Waals surface area contributed by atoms with Crippen LogP contribution in [0, 0.1) is 0 Å². The second-order valence-electron chi connectivity index (χ2n) is 4.77. The van der Waals surface area contributed by atoms with E-state index in [1.54, 1.807) is 0 Å². The maximum absolute atomic E-state index is 12.4. The second kappa shape index (κ2) is 4.43. The van der Waals surface area contributed by atoms with Crippen molar-refractivity contribution >= 4 is 32.7 Å². The summed E-state index contributed by atoms with van der Waals surface area (Å²) in [4.78, 5) is 14.4. The Balaban J connectivity index is 2.09. The predicted molar refractivity (Wildman–Crippen MR) is 75.8 cm³/mol. The first kappa shape index (κ1) is 11.8. The number of halogens is 1. The third kappa shape index (κ3) is 1.75. The highest BCUT2D eigenvalue weighted by molar-refractivity contribution is 9.10. The van der Waals surface area contributed by atoms with Crippen molar-refractivity contribution in [1.29, 1.82) is 0 Å². The van der Waals surface area contributed by atoms with Crippen LogP contribution in [-0.4, -0.2) is 28.5 Å². The Morgan fingerprint density at radius 3 is 2.67 bits per heavy atom. The first-order valence-corrected chi connectivity index (χ1v) is 7.01. The van der Waals surface area contributed by atoms with Crippen LogP contribution in [0.2, 0.25) is 0 Å². The van der Waals surface area contributed by atoms with Crippen LogP contribution in [0.3, 0.4) is 0 Å². The summed E-state index contributed by atoms with van der Waals surface area (Å²) in [7, 11) is 1.95. The van der Waals surface area contributed by atoms with E-state index < -0.39 is 0 Å². The van der Waals surface area contributed by atoms with Gasteiger partial charge in [0.1, 0.15) is 5.69 Å². The zero-order valence-electron chi connectivity index (χ0n) is 10.3. The van der Waals surface area contributed by atoms with Gasteiger partial charge in [0.05, 0.1) is 5.52 Å². The quantitative estimate of drug-likeness (QED) is 0.794. The van der Waals surface area contributed by atoms with Crippen LogP contribution < -0.4 is 0 Å². The minimum absolute atomic E-state index is 0.151. The highest BCUT2D eigenvalue weighted by Gasteiger charge is 2.23. The lowest BCUT2D eigenvalue weighted by atomic mass is 10.2. The molecule has 18 heavy (non-hydrogen) atoms. The Kier molecular flexibility index (Phi) is 2.90. The van der Waals surface area contributed by atoms with Crippen molar-refractivity contribution in [3.8, 4) is 0 Å². The van der Waals surface area contributed by atoms with Gasteiger partial charge >= 0.3 is 0 Å². The standard InChI is InChI=1S/C14H15BrN2O/c1-16-12(14(18)17-7-2-3-8-17)9-10-5-4-6-11(15)13(10)16/h4-6,9H,2-3,7-8H2,1H3. The topological polar surface area (TPSA) is 25.2 Å². The van der Waals surface area contributed by atoms with E-state index in [0.29, 0.717) is 0 Å². The molecule has 0 atom stereocenters. The third-order valence-electron chi connectivity index (χ3n) is 3.62. The van der Waals surface area contributed by atoms with E-state index in [-0.39, 0.29) is 5.91 Å². The molecule has 0 radical (unpaired) electrons. The maximum atomic E-state index is 12.4. The van der Waals surface area contributed by atoms with Gasteiger partial charge in [0.15, 0.2) is 0 Å². The van der Waals surface area contributed by atoms with E-state index in [9.17, 15) is 4.79 Å². The van der Waals surface area contributed by atoms with E-state index in [1.165, 1.54) is 0 Å². The molecule has 1 aliphatic heterocycles. The number of benzene rings is 1. The van der Waals surface area contributed by atoms with E-state index in [0.717, 1.165) is 47.0 Å². The summed E-state index contributed by atoms with van der Waals surface area (Å²) in [5.74, 6) is 0.151. The Bertz CT molecular complexity index is 612. The molecule has 94 valence electrons. The molecule has 0 bridgehead atoms. The third-order valence-corrected chi connectivity index (χ3v) is 4.26. The minimum atomic E-state index is 0.151. The van der Waals surface area contributed by atoms with Crippen molar-refractivity contribution < 1.29 is 4.79 Å². The van der Waals surface area contributed by atoms with Crippen LogP contribution >= 0.6 is 15.9 Å². The largest absolute Gasteiger partial charge is 0.339 e. The highest BCUT2D eigenvalue weighted by atomic mass is 79.9. The fraction of sp³-hybridized carbons (Fsp3) is 0.357. The number of fused-ring (bicyclic) bond motifs is 1. The van der Waals surface area contributed by atoms with Crippen molar-refractivity contribution in [2.24, 2.45) is 7.05 Å². The fourth-order valence-corrected chi connectivity index (χ4v) is 3.30. The molecule has 4 heteroatoms. The van der Waals surface area contributed by atoms with Crippen molar-refractivity contribution in [3.63, 3.8) is 0 Å². The van der Waals surface area contributed by atoms with E-state index >= 15 is 0 Å². The number of carbonyl (C=O) groups excluding carboxylic acids is 1. The summed E-state index contributed by atoms with van der Waals surface area (Å²) in [5.41, 5.74) is 1.86. The van der Waals surface area contributed by atoms with Crippen LogP contribution in [0.5, 0.6) is 0 Å². The summed E-state index contributed by atoms with van der Waals surface area (Å²) >= 11 is 3.55. The molecule has 1 fully saturated rings. The lowest BCUT2D eigenvalue weighted by Gasteiger charge is -2.15. The Labute approximate surface area is 115 Å². The molecule has 3 rings (SSSR count). The van der Waals surface area contributed by atoms with Gasteiger partial charge in [0, 0.05) is 30.0 Å². The molecule has 1 aromatic carbocycles. The van der Waals surface area contributed by atoms with Gasteiger partial charge < -0.3 is 9.47 Å². The number of aryl methyl sites for hydroxylation is 1. The smallest absolute Gasteiger partial charge is 0.270 e. The summed E-state index contributed by atoms with van der Waals surface area (Å²) in [5, 5.41) is 1.11. The van der Waals surface area contributed by atoms with Gasteiger partial charge in [-0.1, -0.05) is 12.1 Å². The van der Waals surface area contributed by atoms with Gasteiger partial charge in [-0.25, -0.2) is 0 Å². The maximum Gasteiger partial charge on any atom is 0.270 e. The van der Waals surface area contributed by atoms with Crippen LogP contribution in [0.1, 0.15) is 23.3 Å². The Morgan fingerprint density at radius 1 is 1.28 bits per heavy atom. The number of hydrogen-bond donors (Lipinski definition) is 0. The van der Waals surface area contributed by atoms with Crippen LogP contribution in [0.4, 0.5) is 0 Å². The average molecular weight is 307 g/mol. The van der Waals surface area contributed by atoms with Gasteiger partial charge in [0.2, 0.25) is 0 Å². The number of nitrogens with zero attached hydrogens (tertiary/aromatic N) is 2. The minimum Gasteiger partial charge on any atom is -0.339 e. The average Bonchev–Trinajstić information content (AvgIpc) is 2.97. The number of carbonyl (C=O) groups is 1. The molecular weight excluding hydrogens is 292 g/mol. The molecule has 0 saturated carbocycles. The Morgan fingerprint density at radius 2 is 2.00 bits per heavy atom. The predicted octanol–water partition coefficient (Wildman–Crippen LogP) is 3.18. The Hall–Kier alpha value is -1.29. The molecule has 1 saturated heterocycles. The summed E-state index contributed by atoms with van der Waals surface area (Å²) in [6.45, 7) is 1.78. The number of para-hydroxylation sites is 1. The molecule has 0 spiro atoms. The van der Waals surface area contributed by atoms with Crippen molar-refractivity contribution in [2.75, 3.05) is 13.1 Å². The number of hydrogen-bond acceptors (Lipinski definition) is 1. The molecule has 1 amide bonds. The molecule has 0 unspecified atom stereocenters. The number of likely N-dealkylation sites (tertiary alicyclic amines) is 1. The number of amides is 1. The monoisotopic (exact) mass is 306 g/mol. The molecule has 3 nitrogen and oxygen atoms in total. The van der Waals surface area contributed by atoms with Crippen LogP contribution in [0.15, 0.2) is 28.7 Å². The molecule has 1 aromatic heterocycles. The first-order valence-electron chi connectivity index (χ1n) is 6.21. The van der Waals surface area contributed by atoms with Gasteiger partial charge in [-0.2, -0.15) is 0 Å². The lowest BCUT2D eigenvalue weighted by Crippen LogP contribution is -2.29. The van der Waals surface area contributed by atoms with Gasteiger partial charge in [0.25, 0.3) is 5.91 Å². The zero-order valence-corrected chi connectivity index (χ0v) is 11.9. The van der Waals surface area contributed by atoms with E-state index in [2.05, 4.69) is 15.9 Å². The van der Waals surface area contributed by atoms with Crippen LogP contribution in [-0.2, 0) is 7.05 Å². The molecule has 0 aliphatic carbocycles. The van der Waals surface area contributed by atoms with E-state index in [1.807, 2.05) is 40.8 Å². The molecule has 0 N–H and O–H groups in total. The molecule has 2 heterocycles. The first-order chi connectivity index (χ1) is 8.68. The molecule has 1 aliphatic rings. The van der Waals surface area contributed by atoms with Gasteiger partial charge in [-0.3, -0.25) is 4.79 Å². The normalized spacial score (nSPS) is 15.6. The summed E-state index contributed by atoms with van der Waals surface area (Å²) in [6, 6.07) is 8.03. The van der Waals surface area contributed by atoms with Crippen LogP contribution in [0.25, 0.3) is 10.9 Å². The number of rotatable bonds is 1. The van der Waals surface area contributed by atoms with E-state index in [4.69, 9.17) is 0 Å². The zero-order chi connectivity index (χ0) is 12.7. The van der Waals surface area contributed by atoms with Crippen molar-refractivity contribution in [3.05, 3.63) is 34.4 Å². The van der Waals surface area contributed by atoms with Crippen molar-refractivity contribution in [1.82, 2.24) is 9.47 Å². The summed E-state index contributed by atoms with van der Waals surface area (Å²) < 4.78 is 3.02. The van der Waals surface area contributed by atoms with Crippen molar-refractivity contribution in [2.45, 2.75) is 12.8 Å².